The highest BCUT2D eigenvalue weighted by Gasteiger charge is 2.32. The van der Waals surface area contributed by atoms with Crippen LogP contribution in [-0.2, 0) is 33.3 Å². The fraction of sp³-hybridized carbons (Fsp3) is 0.583. The molecular formula is C36H50ClN5O7S. The van der Waals surface area contributed by atoms with E-state index >= 15 is 0 Å². The zero-order chi connectivity index (χ0) is 36.3. The third-order valence-electron chi connectivity index (χ3n) is 7.81. The molecule has 1 aromatic carbocycles. The van der Waals surface area contributed by atoms with Crippen molar-refractivity contribution < 1.29 is 33.3 Å². The number of fused-ring (bicyclic) bond motifs is 3. The van der Waals surface area contributed by atoms with Gasteiger partial charge < -0.3 is 29.0 Å². The molecule has 0 bridgehead atoms. The average molecular weight is 732 g/mol. The van der Waals surface area contributed by atoms with Gasteiger partial charge in [-0.15, -0.1) is 21.5 Å². The second kappa shape index (κ2) is 18.9. The number of aryl methyl sites for hydroxylation is 2. The van der Waals surface area contributed by atoms with Crippen LogP contribution in [0.5, 0.6) is 0 Å². The van der Waals surface area contributed by atoms with Gasteiger partial charge in [0.25, 0.3) is 0 Å². The monoisotopic (exact) mass is 731 g/mol. The lowest BCUT2D eigenvalue weighted by atomic mass is 9.97. The van der Waals surface area contributed by atoms with Gasteiger partial charge in [0, 0.05) is 33.5 Å². The molecule has 0 saturated carbocycles. The fourth-order valence-corrected chi connectivity index (χ4v) is 6.44. The van der Waals surface area contributed by atoms with Gasteiger partial charge in [-0.2, -0.15) is 0 Å². The van der Waals surface area contributed by atoms with Crippen LogP contribution in [0.1, 0.15) is 73.4 Å². The first-order valence-electron chi connectivity index (χ1n) is 16.9. The van der Waals surface area contributed by atoms with Gasteiger partial charge in [-0.25, -0.2) is 0 Å². The number of carbonyl (C=O) groups excluding carboxylic acids is 2. The smallest absolute Gasteiger partial charge is 0.308 e. The van der Waals surface area contributed by atoms with E-state index in [1.807, 2.05) is 42.7 Å². The molecule has 1 N–H and O–H groups in total. The number of amides is 1. The highest BCUT2D eigenvalue weighted by Crippen LogP contribution is 2.39. The number of thiophene rings is 1. The van der Waals surface area contributed by atoms with E-state index < -0.39 is 12.0 Å². The number of nitrogens with zero attached hydrogens (tertiary/aromatic N) is 4. The van der Waals surface area contributed by atoms with Gasteiger partial charge >= 0.3 is 5.97 Å². The van der Waals surface area contributed by atoms with E-state index in [9.17, 15) is 9.59 Å². The molecule has 50 heavy (non-hydrogen) atoms. The molecule has 1 aliphatic rings. The van der Waals surface area contributed by atoms with E-state index in [-0.39, 0.29) is 43.5 Å². The summed E-state index contributed by atoms with van der Waals surface area (Å²) in [4.78, 5) is 31.1. The van der Waals surface area contributed by atoms with Gasteiger partial charge in [0.2, 0.25) is 5.91 Å². The highest BCUT2D eigenvalue weighted by molar-refractivity contribution is 7.15. The number of carbonyl (C=O) groups is 2. The molecule has 3 aromatic rings. The van der Waals surface area contributed by atoms with Crippen LogP contribution in [0.2, 0.25) is 5.02 Å². The SMILES string of the molecule is Cc1sc2c(c1C)C(c1ccc(Cl)cc1)=N[C@@H](CC(=O)OCCOCCOCCOCC(C)COCC(=O)NCC(C)(C)C)c1nnc(C)n1-2. The van der Waals surface area contributed by atoms with E-state index in [0.29, 0.717) is 57.0 Å². The molecule has 2 atom stereocenters. The van der Waals surface area contributed by atoms with E-state index in [2.05, 4.69) is 50.1 Å². The van der Waals surface area contributed by atoms with E-state index in [4.69, 9.17) is 40.3 Å². The summed E-state index contributed by atoms with van der Waals surface area (Å²) in [5.74, 6) is 0.965. The number of benzene rings is 1. The topological polar surface area (TPSA) is 135 Å². The normalized spacial score (nSPS) is 14.8. The molecule has 2 aromatic heterocycles. The summed E-state index contributed by atoms with van der Waals surface area (Å²) in [5, 5.41) is 13.3. The summed E-state index contributed by atoms with van der Waals surface area (Å²) in [6.45, 7) is 17.9. The molecule has 0 aliphatic carbocycles. The molecule has 0 spiro atoms. The number of hydrogen-bond acceptors (Lipinski definition) is 11. The number of halogens is 1. The summed E-state index contributed by atoms with van der Waals surface area (Å²) in [6, 6.07) is 6.97. The third kappa shape index (κ3) is 11.7. The largest absolute Gasteiger partial charge is 0.463 e. The van der Waals surface area contributed by atoms with Gasteiger partial charge in [0.15, 0.2) is 5.82 Å². The molecular weight excluding hydrogens is 682 g/mol. The van der Waals surface area contributed by atoms with E-state index in [1.54, 1.807) is 11.3 Å². The van der Waals surface area contributed by atoms with Crippen molar-refractivity contribution in [3.8, 4) is 5.00 Å². The van der Waals surface area contributed by atoms with Crippen molar-refractivity contribution in [2.24, 2.45) is 16.3 Å². The lowest BCUT2D eigenvalue weighted by molar-refractivity contribution is -0.145. The van der Waals surface area contributed by atoms with Crippen LogP contribution in [0.25, 0.3) is 5.00 Å². The maximum Gasteiger partial charge on any atom is 0.308 e. The first-order valence-corrected chi connectivity index (χ1v) is 18.1. The Balaban J connectivity index is 1.14. The van der Waals surface area contributed by atoms with Gasteiger partial charge in [-0.1, -0.05) is 51.4 Å². The number of nitrogens with one attached hydrogen (secondary N) is 1. The lowest BCUT2D eigenvalue weighted by Gasteiger charge is -2.19. The molecule has 3 heterocycles. The fourth-order valence-electron chi connectivity index (χ4n) is 5.10. The van der Waals surface area contributed by atoms with Crippen LogP contribution in [0.4, 0.5) is 0 Å². The Kier molecular flexibility index (Phi) is 14.9. The Bertz CT molecular complexity index is 1600. The summed E-state index contributed by atoms with van der Waals surface area (Å²) in [7, 11) is 0. The summed E-state index contributed by atoms with van der Waals surface area (Å²) in [5.41, 5.74) is 3.86. The Hall–Kier alpha value is -3.20. The summed E-state index contributed by atoms with van der Waals surface area (Å²) >= 11 is 7.85. The number of hydrogen-bond donors (Lipinski definition) is 1. The van der Waals surface area contributed by atoms with Crippen molar-refractivity contribution in [2.45, 2.75) is 60.9 Å². The van der Waals surface area contributed by atoms with E-state index in [1.165, 1.54) is 4.88 Å². The molecule has 1 amide bonds. The number of esters is 1. The third-order valence-corrected chi connectivity index (χ3v) is 9.25. The number of aromatic nitrogens is 3. The Labute approximate surface area is 303 Å². The lowest BCUT2D eigenvalue weighted by Crippen LogP contribution is -2.35. The minimum absolute atomic E-state index is 0.00280. The Morgan fingerprint density at radius 2 is 1.58 bits per heavy atom. The van der Waals surface area contributed by atoms with Crippen LogP contribution in [0.15, 0.2) is 29.3 Å². The van der Waals surface area contributed by atoms with Crippen molar-refractivity contribution in [3.63, 3.8) is 0 Å². The quantitative estimate of drug-likeness (QED) is 0.124. The van der Waals surface area contributed by atoms with Crippen molar-refractivity contribution in [1.29, 1.82) is 0 Å². The minimum Gasteiger partial charge on any atom is -0.463 e. The molecule has 1 unspecified atom stereocenters. The zero-order valence-corrected chi connectivity index (χ0v) is 31.7. The average Bonchev–Trinajstić information content (AvgIpc) is 3.54. The van der Waals surface area contributed by atoms with Gasteiger partial charge in [-0.3, -0.25) is 19.1 Å². The van der Waals surface area contributed by atoms with Crippen LogP contribution < -0.4 is 5.32 Å². The predicted molar refractivity (Wildman–Crippen MR) is 194 cm³/mol. The van der Waals surface area contributed by atoms with Crippen molar-refractivity contribution in [1.82, 2.24) is 20.1 Å². The first kappa shape index (κ1) is 39.6. The predicted octanol–water partition coefficient (Wildman–Crippen LogP) is 5.60. The van der Waals surface area contributed by atoms with Crippen LogP contribution >= 0.6 is 22.9 Å². The van der Waals surface area contributed by atoms with Crippen LogP contribution in [0.3, 0.4) is 0 Å². The summed E-state index contributed by atoms with van der Waals surface area (Å²) < 4.78 is 29.8. The van der Waals surface area contributed by atoms with Gasteiger partial charge in [0.1, 0.15) is 30.1 Å². The number of ether oxygens (including phenoxy) is 5. The molecule has 4 rings (SSSR count). The van der Waals surface area contributed by atoms with Crippen molar-refractivity contribution >= 4 is 40.5 Å². The second-order valence-corrected chi connectivity index (χ2v) is 15.2. The minimum atomic E-state index is -0.592. The molecule has 0 radical (unpaired) electrons. The second-order valence-electron chi connectivity index (χ2n) is 13.6. The van der Waals surface area contributed by atoms with Crippen molar-refractivity contribution in [2.75, 3.05) is 66.0 Å². The van der Waals surface area contributed by atoms with Crippen molar-refractivity contribution in [3.05, 3.63) is 62.5 Å². The zero-order valence-electron chi connectivity index (χ0n) is 30.2. The molecule has 1 aliphatic heterocycles. The van der Waals surface area contributed by atoms with Gasteiger partial charge in [0.05, 0.1) is 58.4 Å². The number of rotatable bonds is 19. The molecule has 0 saturated heterocycles. The molecule has 274 valence electrons. The van der Waals surface area contributed by atoms with Crippen LogP contribution in [-0.4, -0.2) is 98.4 Å². The van der Waals surface area contributed by atoms with Gasteiger partial charge in [-0.05, 0) is 43.9 Å². The Morgan fingerprint density at radius 3 is 2.26 bits per heavy atom. The molecule has 12 nitrogen and oxygen atoms in total. The molecule has 0 fully saturated rings. The number of aliphatic imine (C=N–C) groups is 1. The maximum absolute atomic E-state index is 13.0. The maximum atomic E-state index is 13.0. The molecule has 14 heteroatoms. The standard InChI is InChI=1S/C36H50ClN5O7S/c1-23(20-48-21-30(43)38-22-36(5,6)7)19-47-15-14-45-12-13-46-16-17-49-31(44)18-29-34-41-40-26(4)42(34)35-32(24(2)25(3)50-35)33(39-29)27-8-10-28(37)11-9-27/h8-11,23,29H,12-22H2,1-7H3,(H,38,43)/t23?,29-/m0/s1. The summed E-state index contributed by atoms with van der Waals surface area (Å²) in [6.07, 6.45) is 0.00280. The Morgan fingerprint density at radius 1 is 0.940 bits per heavy atom. The first-order chi connectivity index (χ1) is 23.8. The van der Waals surface area contributed by atoms with E-state index in [0.717, 1.165) is 33.2 Å². The van der Waals surface area contributed by atoms with Crippen LogP contribution in [0, 0.1) is 32.1 Å². The highest BCUT2D eigenvalue weighted by atomic mass is 35.5.